The maximum absolute atomic E-state index is 15.1. The molecule has 4 N–H and O–H groups in total. The van der Waals surface area contributed by atoms with Gasteiger partial charge in [-0.25, -0.2) is 19.3 Å². The third kappa shape index (κ3) is 6.33. The molecule has 230 valence electrons. The molecule has 15 heteroatoms. The van der Waals surface area contributed by atoms with Crippen LogP contribution in [0.5, 0.6) is 0 Å². The zero-order valence-electron chi connectivity index (χ0n) is 24.0. The van der Waals surface area contributed by atoms with Crippen LogP contribution in [0.2, 0.25) is 5.02 Å². The number of benzene rings is 2. The number of nitrogens with one attached hydrogen (secondary N) is 4. The number of hydrogen-bond donors (Lipinski definition) is 4. The van der Waals surface area contributed by atoms with Gasteiger partial charge in [-0.1, -0.05) is 35.1 Å². The topological polar surface area (TPSA) is 158 Å². The normalized spacial score (nSPS) is 16.0. The monoisotopic (exact) mass is 648 g/mol. The van der Waals surface area contributed by atoms with E-state index in [0.29, 0.717) is 49.3 Å². The Bertz CT molecular complexity index is 1860. The number of carbonyl (C=O) groups is 4. The number of rotatable bonds is 8. The second-order valence-electron chi connectivity index (χ2n) is 10.6. The molecule has 1 atom stereocenters. The molecule has 1 fully saturated rings. The minimum Gasteiger partial charge on any atom is -0.366 e. The van der Waals surface area contributed by atoms with Crippen LogP contribution in [-0.4, -0.2) is 49.5 Å². The van der Waals surface area contributed by atoms with E-state index >= 15 is 4.39 Å². The number of imide groups is 1. The summed E-state index contributed by atoms with van der Waals surface area (Å²) < 4.78 is 15.1. The second kappa shape index (κ2) is 12.2. The molecule has 0 radical (unpaired) electrons. The van der Waals surface area contributed by atoms with Gasteiger partial charge in [0.15, 0.2) is 5.13 Å². The van der Waals surface area contributed by atoms with Crippen molar-refractivity contribution in [2.24, 2.45) is 0 Å². The lowest BCUT2D eigenvalue weighted by molar-refractivity contribution is -0.136. The number of amides is 4. The quantitative estimate of drug-likeness (QED) is 0.199. The predicted molar refractivity (Wildman–Crippen MR) is 166 cm³/mol. The third-order valence-electron chi connectivity index (χ3n) is 7.41. The number of thiazole rings is 1. The van der Waals surface area contributed by atoms with Crippen molar-refractivity contribution in [3.8, 4) is 0 Å². The van der Waals surface area contributed by atoms with Crippen LogP contribution in [0.1, 0.15) is 55.4 Å². The molecule has 4 aromatic rings. The van der Waals surface area contributed by atoms with Gasteiger partial charge in [0.2, 0.25) is 11.8 Å². The van der Waals surface area contributed by atoms with E-state index < -0.39 is 23.7 Å². The highest BCUT2D eigenvalue weighted by Crippen LogP contribution is 2.31. The average Bonchev–Trinajstić information content (AvgIpc) is 3.58. The van der Waals surface area contributed by atoms with Crippen molar-refractivity contribution in [2.75, 3.05) is 16.0 Å². The van der Waals surface area contributed by atoms with Crippen molar-refractivity contribution >= 4 is 69.0 Å². The van der Waals surface area contributed by atoms with Crippen molar-refractivity contribution in [2.45, 2.75) is 45.8 Å². The van der Waals surface area contributed by atoms with Crippen LogP contribution < -0.4 is 21.3 Å². The minimum atomic E-state index is -0.781. The van der Waals surface area contributed by atoms with Crippen LogP contribution in [0, 0.1) is 19.7 Å². The molecular formula is C30H26ClFN8O4S. The molecule has 45 heavy (non-hydrogen) atoms. The number of halogens is 2. The Morgan fingerprint density at radius 3 is 2.73 bits per heavy atom. The highest BCUT2D eigenvalue weighted by molar-refractivity contribution is 7.17. The standard InChI is InChI=1S/C30H26ClFN8O4S/c1-14-4-3-5-19(31)26(14)39-28(43)22-12-34-30(45-22)37-24-10-23(35-15(2)36-24)33-11-16-8-17-13-40(29(44)18(17)9-20(16)32)21-6-7-25(41)38-27(21)42/h3-5,8-10,12,21H,6-7,11,13H2,1-2H3,(H,39,43)(H,38,41,42)(H2,33,34,35,36,37). The van der Waals surface area contributed by atoms with E-state index in [1.54, 1.807) is 31.2 Å². The van der Waals surface area contributed by atoms with Crippen LogP contribution >= 0.6 is 22.9 Å². The largest absolute Gasteiger partial charge is 0.366 e. The summed E-state index contributed by atoms with van der Waals surface area (Å²) in [6.07, 6.45) is 1.81. The third-order valence-corrected chi connectivity index (χ3v) is 8.64. The van der Waals surface area contributed by atoms with E-state index in [1.807, 2.05) is 13.0 Å². The summed E-state index contributed by atoms with van der Waals surface area (Å²) in [5.74, 6) is -1.01. The molecular weight excluding hydrogens is 623 g/mol. The summed E-state index contributed by atoms with van der Waals surface area (Å²) in [6.45, 7) is 3.75. The summed E-state index contributed by atoms with van der Waals surface area (Å²) >= 11 is 7.36. The lowest BCUT2D eigenvalue weighted by Crippen LogP contribution is -2.52. The maximum Gasteiger partial charge on any atom is 0.267 e. The number of para-hydroxylation sites is 1. The number of aryl methyl sites for hydroxylation is 2. The van der Waals surface area contributed by atoms with Gasteiger partial charge in [0.25, 0.3) is 11.8 Å². The Morgan fingerprint density at radius 2 is 1.96 bits per heavy atom. The number of carbonyl (C=O) groups excluding carboxylic acids is 4. The van der Waals surface area contributed by atoms with Crippen molar-refractivity contribution in [1.29, 1.82) is 0 Å². The molecule has 12 nitrogen and oxygen atoms in total. The molecule has 2 aromatic carbocycles. The highest BCUT2D eigenvalue weighted by Gasteiger charge is 2.39. The second-order valence-corrected chi connectivity index (χ2v) is 12.0. The van der Waals surface area contributed by atoms with Gasteiger partial charge in [0.05, 0.1) is 16.9 Å². The molecule has 0 spiro atoms. The minimum absolute atomic E-state index is 0.0602. The maximum atomic E-state index is 15.1. The lowest BCUT2D eigenvalue weighted by atomic mass is 10.0. The first-order valence-corrected chi connectivity index (χ1v) is 15.1. The fourth-order valence-electron chi connectivity index (χ4n) is 5.20. The predicted octanol–water partition coefficient (Wildman–Crippen LogP) is 4.71. The Hall–Kier alpha value is -4.95. The summed E-state index contributed by atoms with van der Waals surface area (Å²) in [5, 5.41) is 12.1. The number of fused-ring (bicyclic) bond motifs is 1. The number of nitrogens with zero attached hydrogens (tertiary/aromatic N) is 4. The smallest absolute Gasteiger partial charge is 0.267 e. The Labute approximate surface area is 265 Å². The summed E-state index contributed by atoms with van der Waals surface area (Å²) in [5.41, 5.74) is 2.47. The van der Waals surface area contributed by atoms with Gasteiger partial charge < -0.3 is 20.9 Å². The van der Waals surface area contributed by atoms with Crippen molar-refractivity contribution in [3.63, 3.8) is 0 Å². The zero-order chi connectivity index (χ0) is 31.8. The average molecular weight is 649 g/mol. The highest BCUT2D eigenvalue weighted by atomic mass is 35.5. The zero-order valence-corrected chi connectivity index (χ0v) is 25.6. The molecule has 2 aliphatic heterocycles. The fourth-order valence-corrected chi connectivity index (χ4v) is 6.18. The van der Waals surface area contributed by atoms with Crippen molar-refractivity contribution < 1.29 is 23.6 Å². The molecule has 4 heterocycles. The van der Waals surface area contributed by atoms with Crippen LogP contribution in [0.3, 0.4) is 0 Å². The molecule has 0 saturated carbocycles. The van der Waals surface area contributed by atoms with Gasteiger partial charge in [-0.2, -0.15) is 0 Å². The van der Waals surface area contributed by atoms with E-state index in [1.165, 1.54) is 17.2 Å². The first kappa shape index (κ1) is 30.1. The Kier molecular flexibility index (Phi) is 8.16. The van der Waals surface area contributed by atoms with Gasteiger partial charge in [-0.3, -0.25) is 24.5 Å². The molecule has 0 bridgehead atoms. The van der Waals surface area contributed by atoms with Gasteiger partial charge in [0.1, 0.15) is 34.2 Å². The Balaban J connectivity index is 1.11. The van der Waals surface area contributed by atoms with E-state index in [2.05, 4.69) is 36.2 Å². The summed E-state index contributed by atoms with van der Waals surface area (Å²) in [4.78, 5) is 64.4. The summed E-state index contributed by atoms with van der Waals surface area (Å²) in [7, 11) is 0. The number of anilines is 4. The van der Waals surface area contributed by atoms with E-state index in [9.17, 15) is 19.2 Å². The van der Waals surface area contributed by atoms with Crippen LogP contribution in [-0.2, 0) is 22.7 Å². The Morgan fingerprint density at radius 1 is 1.16 bits per heavy atom. The van der Waals surface area contributed by atoms with E-state index in [0.717, 1.165) is 16.9 Å². The fraction of sp³-hybridized carbons (Fsp3) is 0.233. The molecule has 2 aromatic heterocycles. The van der Waals surface area contributed by atoms with Gasteiger partial charge in [0, 0.05) is 36.7 Å². The van der Waals surface area contributed by atoms with E-state index in [4.69, 9.17) is 11.6 Å². The molecule has 0 aliphatic carbocycles. The molecule has 4 amide bonds. The van der Waals surface area contributed by atoms with Crippen LogP contribution in [0.4, 0.5) is 26.8 Å². The van der Waals surface area contributed by atoms with Crippen LogP contribution in [0.15, 0.2) is 42.6 Å². The van der Waals surface area contributed by atoms with Gasteiger partial charge in [-0.15, -0.1) is 0 Å². The number of aromatic nitrogens is 3. The summed E-state index contributed by atoms with van der Waals surface area (Å²) in [6, 6.07) is 8.98. The first-order chi connectivity index (χ1) is 21.5. The van der Waals surface area contributed by atoms with Crippen molar-refractivity contribution in [3.05, 3.63) is 86.4 Å². The van der Waals surface area contributed by atoms with Gasteiger partial charge in [-0.05, 0) is 49.6 Å². The van der Waals surface area contributed by atoms with Crippen molar-refractivity contribution in [1.82, 2.24) is 25.2 Å². The SMILES string of the molecule is Cc1nc(NCc2cc3c(cc2F)C(=O)N(C2CCC(=O)NC2=O)C3)cc(Nc2ncc(C(=O)Nc3c(C)cccc3Cl)s2)n1. The van der Waals surface area contributed by atoms with Crippen LogP contribution in [0.25, 0.3) is 0 Å². The molecule has 6 rings (SSSR count). The first-order valence-electron chi connectivity index (χ1n) is 13.9. The van der Waals surface area contributed by atoms with E-state index in [-0.39, 0.29) is 43.3 Å². The number of piperidine rings is 1. The van der Waals surface area contributed by atoms with Gasteiger partial charge >= 0.3 is 0 Å². The molecule has 2 aliphatic rings. The molecule has 1 unspecified atom stereocenters. The molecule has 1 saturated heterocycles. The number of hydrogen-bond acceptors (Lipinski definition) is 10. The lowest BCUT2D eigenvalue weighted by Gasteiger charge is -2.29.